The van der Waals surface area contributed by atoms with Gasteiger partial charge >= 0.3 is 6.09 Å². The maximum atomic E-state index is 12.3. The van der Waals surface area contributed by atoms with Crippen LogP contribution in [0.25, 0.3) is 22.2 Å². The van der Waals surface area contributed by atoms with Gasteiger partial charge in [0.2, 0.25) is 0 Å². The highest BCUT2D eigenvalue weighted by molar-refractivity contribution is 5.96. The number of amides is 1. The van der Waals surface area contributed by atoms with E-state index in [-0.39, 0.29) is 12.2 Å². The third-order valence-electron chi connectivity index (χ3n) is 7.97. The Kier molecular flexibility index (Phi) is 6.52. The molecule has 2 aliphatic carbocycles. The summed E-state index contributed by atoms with van der Waals surface area (Å²) >= 11 is 0. The van der Waals surface area contributed by atoms with Crippen LogP contribution in [0.15, 0.2) is 42.5 Å². The fourth-order valence-corrected chi connectivity index (χ4v) is 5.46. The molecule has 2 saturated carbocycles. The average Bonchev–Trinajstić information content (AvgIpc) is 3.51. The van der Waals surface area contributed by atoms with E-state index in [1.807, 2.05) is 43.3 Å². The summed E-state index contributed by atoms with van der Waals surface area (Å²) in [5, 5.41) is 14.0. The summed E-state index contributed by atoms with van der Waals surface area (Å²) in [7, 11) is 0. The first-order chi connectivity index (χ1) is 18.1. The van der Waals surface area contributed by atoms with E-state index in [2.05, 4.69) is 22.0 Å². The van der Waals surface area contributed by atoms with Crippen LogP contribution in [0.1, 0.15) is 63.5 Å². The van der Waals surface area contributed by atoms with Crippen molar-refractivity contribution >= 4 is 22.7 Å². The molecule has 6 rings (SSSR count). The first kappa shape index (κ1) is 23.9. The van der Waals surface area contributed by atoms with E-state index in [4.69, 9.17) is 14.2 Å². The minimum Gasteiger partial charge on any atom is -0.491 e. The van der Waals surface area contributed by atoms with Crippen molar-refractivity contribution in [2.45, 2.75) is 70.1 Å². The van der Waals surface area contributed by atoms with Crippen LogP contribution in [0.5, 0.6) is 5.75 Å². The predicted molar refractivity (Wildman–Crippen MR) is 142 cm³/mol. The maximum Gasteiger partial charge on any atom is 0.411 e. The van der Waals surface area contributed by atoms with Gasteiger partial charge in [-0.05, 0) is 87.6 Å². The van der Waals surface area contributed by atoms with E-state index >= 15 is 0 Å². The molecule has 0 bridgehead atoms. The Bertz CT molecular complexity index is 1330. The average molecular weight is 500 g/mol. The quantitative estimate of drug-likeness (QED) is 0.368. The molecular formula is C30H33N3O4. The smallest absolute Gasteiger partial charge is 0.411 e. The van der Waals surface area contributed by atoms with Gasteiger partial charge < -0.3 is 18.8 Å². The second kappa shape index (κ2) is 10.1. The number of anilines is 1. The minimum absolute atomic E-state index is 0.0600. The van der Waals surface area contributed by atoms with Gasteiger partial charge in [0.05, 0.1) is 22.9 Å². The van der Waals surface area contributed by atoms with Crippen LogP contribution < -0.4 is 10.1 Å². The molecule has 3 fully saturated rings. The Morgan fingerprint density at radius 2 is 1.95 bits per heavy atom. The lowest BCUT2D eigenvalue weighted by molar-refractivity contribution is 0.0680. The zero-order valence-electron chi connectivity index (χ0n) is 21.2. The van der Waals surface area contributed by atoms with Gasteiger partial charge in [-0.15, -0.1) is 0 Å². The molecule has 3 aromatic rings. The molecule has 2 atom stereocenters. The zero-order valence-corrected chi connectivity index (χ0v) is 21.2. The number of rotatable bonds is 8. The first-order valence-electron chi connectivity index (χ1n) is 13.5. The van der Waals surface area contributed by atoms with E-state index in [1.54, 1.807) is 0 Å². The topological polar surface area (TPSA) is 85.5 Å². The van der Waals surface area contributed by atoms with Crippen LogP contribution in [-0.4, -0.2) is 36.1 Å². The van der Waals surface area contributed by atoms with Gasteiger partial charge in [-0.1, -0.05) is 12.1 Å². The van der Waals surface area contributed by atoms with Crippen molar-refractivity contribution in [1.29, 1.82) is 5.26 Å². The highest BCUT2D eigenvalue weighted by Gasteiger charge is 2.31. The molecule has 1 aliphatic heterocycles. The van der Waals surface area contributed by atoms with Crippen molar-refractivity contribution in [2.24, 2.45) is 5.92 Å². The van der Waals surface area contributed by atoms with Crippen LogP contribution in [0.4, 0.5) is 10.5 Å². The molecule has 7 heteroatoms. The van der Waals surface area contributed by atoms with Crippen molar-refractivity contribution in [2.75, 3.05) is 18.5 Å². The minimum atomic E-state index is -0.427. The fourth-order valence-electron chi connectivity index (χ4n) is 5.46. The number of benzene rings is 2. The molecule has 0 unspecified atom stereocenters. The van der Waals surface area contributed by atoms with E-state index in [0.717, 1.165) is 73.0 Å². The maximum absolute atomic E-state index is 12.3. The Morgan fingerprint density at radius 1 is 1.14 bits per heavy atom. The van der Waals surface area contributed by atoms with Gasteiger partial charge in [-0.3, -0.25) is 5.32 Å². The number of nitriles is 1. The van der Waals surface area contributed by atoms with Crippen LogP contribution in [0, 0.1) is 17.2 Å². The molecule has 1 N–H and O–H groups in total. The summed E-state index contributed by atoms with van der Waals surface area (Å²) in [6.07, 6.45) is 7.41. The van der Waals surface area contributed by atoms with Gasteiger partial charge in [0, 0.05) is 29.8 Å². The van der Waals surface area contributed by atoms with Crippen molar-refractivity contribution in [3.8, 4) is 23.1 Å². The number of nitrogens with one attached hydrogen (secondary N) is 1. The highest BCUT2D eigenvalue weighted by atomic mass is 16.6. The number of ether oxygens (including phenoxy) is 3. The van der Waals surface area contributed by atoms with E-state index < -0.39 is 6.09 Å². The number of aromatic nitrogens is 1. The molecule has 3 aliphatic rings. The monoisotopic (exact) mass is 499 g/mol. The zero-order chi connectivity index (χ0) is 25.4. The molecule has 37 heavy (non-hydrogen) atoms. The fraction of sp³-hybridized carbons (Fsp3) is 0.467. The van der Waals surface area contributed by atoms with Crippen molar-refractivity contribution in [3.05, 3.63) is 48.0 Å². The van der Waals surface area contributed by atoms with Crippen LogP contribution in [-0.2, 0) is 9.47 Å². The highest BCUT2D eigenvalue weighted by Crippen LogP contribution is 2.43. The molecule has 192 valence electrons. The van der Waals surface area contributed by atoms with Crippen LogP contribution in [0.2, 0.25) is 0 Å². The number of hydrogen-bond acceptors (Lipinski definition) is 5. The molecule has 1 saturated heterocycles. The Hall–Kier alpha value is -3.50. The Balaban J connectivity index is 1.29. The summed E-state index contributed by atoms with van der Waals surface area (Å²) in [5.74, 6) is 1.29. The third-order valence-corrected chi connectivity index (χ3v) is 7.97. The van der Waals surface area contributed by atoms with E-state index in [1.165, 1.54) is 6.42 Å². The van der Waals surface area contributed by atoms with Crippen LogP contribution in [0.3, 0.4) is 0 Å². The standard InChI is InChI=1S/C30H33N3O4/c1-19(20-7-8-20)37-30(34)32-22-11-9-21(10-12-22)29-27(17-31)26-14-13-24(36-18-25-6-3-15-35-25)16-28(26)33(29)23-4-2-5-23/h9-14,16,19-20,23,25H,2-8,15,18H2,1H3,(H,32,34)/t19-,25-/m1/s1. The summed E-state index contributed by atoms with van der Waals surface area (Å²) in [4.78, 5) is 12.3. The molecule has 1 amide bonds. The van der Waals surface area contributed by atoms with Crippen molar-refractivity contribution in [3.63, 3.8) is 0 Å². The first-order valence-corrected chi connectivity index (χ1v) is 13.5. The van der Waals surface area contributed by atoms with Crippen molar-refractivity contribution in [1.82, 2.24) is 4.57 Å². The lowest BCUT2D eigenvalue weighted by Gasteiger charge is -2.30. The number of fused-ring (bicyclic) bond motifs is 1. The molecule has 1 aromatic heterocycles. The van der Waals surface area contributed by atoms with Gasteiger partial charge in [0.1, 0.15) is 24.5 Å². The largest absolute Gasteiger partial charge is 0.491 e. The van der Waals surface area contributed by atoms with Crippen molar-refractivity contribution < 1.29 is 19.0 Å². The number of carbonyl (C=O) groups is 1. The molecule has 2 aromatic carbocycles. The van der Waals surface area contributed by atoms with Crippen LogP contribution >= 0.6 is 0 Å². The van der Waals surface area contributed by atoms with E-state index in [0.29, 0.717) is 29.8 Å². The molecule has 2 heterocycles. The number of nitrogens with zero attached hydrogens (tertiary/aromatic N) is 2. The van der Waals surface area contributed by atoms with E-state index in [9.17, 15) is 10.1 Å². The van der Waals surface area contributed by atoms with Gasteiger partial charge in [-0.2, -0.15) is 5.26 Å². The van der Waals surface area contributed by atoms with Gasteiger partial charge in [0.15, 0.2) is 0 Å². The molecular weight excluding hydrogens is 466 g/mol. The summed E-state index contributed by atoms with van der Waals surface area (Å²) in [6.45, 7) is 3.30. The number of hydrogen-bond donors (Lipinski definition) is 1. The Morgan fingerprint density at radius 3 is 2.59 bits per heavy atom. The summed E-state index contributed by atoms with van der Waals surface area (Å²) < 4.78 is 19.6. The SMILES string of the molecule is C[C@@H](OC(=O)Nc1ccc(-c2c(C#N)c3ccc(OC[C@H]4CCCO4)cc3n2C2CCC2)cc1)C1CC1. The van der Waals surface area contributed by atoms with Gasteiger partial charge in [0.25, 0.3) is 0 Å². The predicted octanol–water partition coefficient (Wildman–Crippen LogP) is 6.81. The molecule has 7 nitrogen and oxygen atoms in total. The summed E-state index contributed by atoms with van der Waals surface area (Å²) in [5.41, 5.74) is 4.25. The number of carbonyl (C=O) groups excluding carboxylic acids is 1. The normalized spacial score (nSPS) is 20.3. The molecule has 0 spiro atoms. The third kappa shape index (κ3) is 4.91. The lowest BCUT2D eigenvalue weighted by atomic mass is 9.92. The second-order valence-corrected chi connectivity index (χ2v) is 10.6. The summed E-state index contributed by atoms with van der Waals surface area (Å²) in [6, 6.07) is 16.5. The molecule has 0 radical (unpaired) electrons. The lowest BCUT2D eigenvalue weighted by Crippen LogP contribution is -2.21. The second-order valence-electron chi connectivity index (χ2n) is 10.6. The van der Waals surface area contributed by atoms with Gasteiger partial charge in [-0.25, -0.2) is 4.79 Å². The Labute approximate surface area is 217 Å².